The Bertz CT molecular complexity index is 1240. The lowest BCUT2D eigenvalue weighted by Gasteiger charge is -2.15. The van der Waals surface area contributed by atoms with Crippen molar-refractivity contribution in [3.63, 3.8) is 0 Å². The molecule has 0 aliphatic heterocycles. The zero-order valence-electron chi connectivity index (χ0n) is 17.0. The van der Waals surface area contributed by atoms with Gasteiger partial charge in [0.1, 0.15) is 5.69 Å². The van der Waals surface area contributed by atoms with Gasteiger partial charge < -0.3 is 9.32 Å². The number of rotatable bonds is 5. The summed E-state index contributed by atoms with van der Waals surface area (Å²) in [7, 11) is 1.56. The van der Waals surface area contributed by atoms with Crippen LogP contribution in [-0.2, 0) is 19.3 Å². The third kappa shape index (κ3) is 3.90. The SMILES string of the molecule is CCn1cc(CN(C)C(=O)c2cc3nc(-c4ccco4)cc(C(F)(F)F)n3n2)c(C)n1. The van der Waals surface area contributed by atoms with Crippen LogP contribution in [0.2, 0.25) is 0 Å². The van der Waals surface area contributed by atoms with Gasteiger partial charge in [0.2, 0.25) is 0 Å². The van der Waals surface area contributed by atoms with E-state index in [0.717, 1.165) is 17.3 Å². The first-order valence-electron chi connectivity index (χ1n) is 9.47. The predicted octanol–water partition coefficient (Wildman–Crippen LogP) is 3.81. The van der Waals surface area contributed by atoms with E-state index in [9.17, 15) is 18.0 Å². The number of aromatic nitrogens is 5. The first-order valence-corrected chi connectivity index (χ1v) is 9.47. The standard InChI is InChI=1S/C20H19F3N6O2/c1-4-28-11-13(12(2)25-28)10-27(3)19(30)15-9-18-24-14(16-6-5-7-31-16)8-17(20(21,22)23)29(18)26-15/h5-9,11H,4,10H2,1-3H3. The molecule has 0 radical (unpaired) electrons. The van der Waals surface area contributed by atoms with E-state index in [2.05, 4.69) is 15.2 Å². The summed E-state index contributed by atoms with van der Waals surface area (Å²) in [6, 6.07) is 5.15. The normalized spacial score (nSPS) is 11.9. The van der Waals surface area contributed by atoms with Crippen molar-refractivity contribution in [1.29, 1.82) is 0 Å². The highest BCUT2D eigenvalue weighted by Crippen LogP contribution is 2.32. The molecule has 4 aromatic heterocycles. The number of carbonyl (C=O) groups excluding carboxylic acids is 1. The number of alkyl halides is 3. The Hall–Kier alpha value is -3.63. The van der Waals surface area contributed by atoms with Gasteiger partial charge in [-0.3, -0.25) is 9.48 Å². The molecule has 0 saturated carbocycles. The highest BCUT2D eigenvalue weighted by Gasteiger charge is 2.36. The molecule has 31 heavy (non-hydrogen) atoms. The van der Waals surface area contributed by atoms with E-state index in [4.69, 9.17) is 4.42 Å². The number of amides is 1. The molecule has 8 nitrogen and oxygen atoms in total. The van der Waals surface area contributed by atoms with E-state index in [1.54, 1.807) is 17.8 Å². The van der Waals surface area contributed by atoms with Crippen LogP contribution in [0.5, 0.6) is 0 Å². The first kappa shape index (κ1) is 20.6. The van der Waals surface area contributed by atoms with Crippen molar-refractivity contribution in [2.75, 3.05) is 7.05 Å². The number of hydrogen-bond donors (Lipinski definition) is 0. The van der Waals surface area contributed by atoms with Gasteiger partial charge in [0, 0.05) is 38.0 Å². The maximum absolute atomic E-state index is 13.7. The number of furan rings is 1. The van der Waals surface area contributed by atoms with Gasteiger partial charge in [-0.25, -0.2) is 9.50 Å². The molecular formula is C20H19F3N6O2. The summed E-state index contributed by atoms with van der Waals surface area (Å²) in [6.45, 7) is 4.72. The third-order valence-corrected chi connectivity index (χ3v) is 4.84. The minimum Gasteiger partial charge on any atom is -0.463 e. The van der Waals surface area contributed by atoms with Crippen molar-refractivity contribution in [3.05, 3.63) is 59.4 Å². The fourth-order valence-electron chi connectivity index (χ4n) is 3.23. The van der Waals surface area contributed by atoms with Crippen LogP contribution in [0.25, 0.3) is 17.1 Å². The molecule has 0 unspecified atom stereocenters. The van der Waals surface area contributed by atoms with E-state index in [0.29, 0.717) is 11.1 Å². The minimum absolute atomic E-state index is 0.000293. The monoisotopic (exact) mass is 432 g/mol. The Labute approximate surface area is 174 Å². The van der Waals surface area contributed by atoms with Crippen LogP contribution in [0.15, 0.2) is 41.1 Å². The Morgan fingerprint density at radius 3 is 2.65 bits per heavy atom. The summed E-state index contributed by atoms with van der Waals surface area (Å²) in [4.78, 5) is 18.4. The highest BCUT2D eigenvalue weighted by atomic mass is 19.4. The maximum atomic E-state index is 13.7. The van der Waals surface area contributed by atoms with Crippen LogP contribution in [0.4, 0.5) is 13.2 Å². The second-order valence-electron chi connectivity index (χ2n) is 7.06. The number of carbonyl (C=O) groups is 1. The average Bonchev–Trinajstić information content (AvgIpc) is 3.45. The van der Waals surface area contributed by atoms with E-state index in [-0.39, 0.29) is 29.3 Å². The molecule has 0 fully saturated rings. The molecule has 11 heteroatoms. The Kier molecular flexibility index (Phi) is 5.03. The topological polar surface area (TPSA) is 81.5 Å². The molecule has 0 aromatic carbocycles. The lowest BCUT2D eigenvalue weighted by molar-refractivity contribution is -0.142. The van der Waals surface area contributed by atoms with E-state index in [1.165, 1.54) is 23.3 Å². The summed E-state index contributed by atoms with van der Waals surface area (Å²) in [5, 5.41) is 8.24. The predicted molar refractivity (Wildman–Crippen MR) is 104 cm³/mol. The molecule has 0 aliphatic carbocycles. The van der Waals surface area contributed by atoms with Gasteiger partial charge in [-0.2, -0.15) is 23.4 Å². The fourth-order valence-corrected chi connectivity index (χ4v) is 3.23. The number of fused-ring (bicyclic) bond motifs is 1. The van der Waals surface area contributed by atoms with Gasteiger partial charge in [0.05, 0.1) is 12.0 Å². The summed E-state index contributed by atoms with van der Waals surface area (Å²) in [5.74, 6) is -0.343. The number of halogens is 3. The average molecular weight is 432 g/mol. The van der Waals surface area contributed by atoms with Crippen LogP contribution >= 0.6 is 0 Å². The Morgan fingerprint density at radius 2 is 2.03 bits per heavy atom. The van der Waals surface area contributed by atoms with Gasteiger partial charge in [0.15, 0.2) is 22.8 Å². The summed E-state index contributed by atoms with van der Waals surface area (Å²) >= 11 is 0. The van der Waals surface area contributed by atoms with Crippen molar-refractivity contribution < 1.29 is 22.4 Å². The molecule has 0 bridgehead atoms. The van der Waals surface area contributed by atoms with Gasteiger partial charge in [-0.05, 0) is 32.0 Å². The summed E-state index contributed by atoms with van der Waals surface area (Å²) in [6.07, 6.45) is -1.52. The van der Waals surface area contributed by atoms with Gasteiger partial charge in [0.25, 0.3) is 5.91 Å². The molecular weight excluding hydrogens is 413 g/mol. The van der Waals surface area contributed by atoms with Gasteiger partial charge >= 0.3 is 6.18 Å². The molecule has 162 valence electrons. The minimum atomic E-state index is -4.70. The highest BCUT2D eigenvalue weighted by molar-refractivity contribution is 5.93. The Balaban J connectivity index is 1.70. The fraction of sp³-hybridized carbons (Fsp3) is 0.300. The quantitative estimate of drug-likeness (QED) is 0.479. The molecule has 0 N–H and O–H groups in total. The molecule has 4 rings (SSSR count). The molecule has 0 spiro atoms. The van der Waals surface area contributed by atoms with E-state index in [1.807, 2.05) is 20.0 Å². The van der Waals surface area contributed by atoms with Crippen LogP contribution in [0, 0.1) is 6.92 Å². The van der Waals surface area contributed by atoms with Crippen LogP contribution in [0.3, 0.4) is 0 Å². The molecule has 0 atom stereocenters. The van der Waals surface area contributed by atoms with Crippen molar-refractivity contribution >= 4 is 11.6 Å². The van der Waals surface area contributed by atoms with Crippen molar-refractivity contribution in [3.8, 4) is 11.5 Å². The first-order chi connectivity index (χ1) is 14.7. The van der Waals surface area contributed by atoms with Crippen molar-refractivity contribution in [1.82, 2.24) is 29.3 Å². The summed E-state index contributed by atoms with van der Waals surface area (Å²) < 4.78 is 48.5. The van der Waals surface area contributed by atoms with Crippen molar-refractivity contribution in [2.24, 2.45) is 0 Å². The largest absolute Gasteiger partial charge is 0.463 e. The molecule has 1 amide bonds. The van der Waals surface area contributed by atoms with Crippen LogP contribution in [-0.4, -0.2) is 42.2 Å². The number of aryl methyl sites for hydroxylation is 2. The zero-order chi connectivity index (χ0) is 22.3. The maximum Gasteiger partial charge on any atom is 0.433 e. The van der Waals surface area contributed by atoms with Gasteiger partial charge in [-0.15, -0.1) is 0 Å². The smallest absolute Gasteiger partial charge is 0.433 e. The molecule has 0 saturated heterocycles. The molecule has 4 aromatic rings. The Morgan fingerprint density at radius 1 is 1.26 bits per heavy atom. The lowest BCUT2D eigenvalue weighted by Crippen LogP contribution is -2.27. The molecule has 0 aliphatic rings. The van der Waals surface area contributed by atoms with E-state index < -0.39 is 17.8 Å². The van der Waals surface area contributed by atoms with Gasteiger partial charge in [-0.1, -0.05) is 0 Å². The van der Waals surface area contributed by atoms with Crippen molar-refractivity contribution in [2.45, 2.75) is 33.1 Å². The molecule has 4 heterocycles. The van der Waals surface area contributed by atoms with E-state index >= 15 is 0 Å². The van der Waals surface area contributed by atoms with Crippen LogP contribution in [0.1, 0.15) is 34.4 Å². The number of hydrogen-bond acceptors (Lipinski definition) is 5. The third-order valence-electron chi connectivity index (χ3n) is 4.84. The number of nitrogens with zero attached hydrogens (tertiary/aromatic N) is 6. The second kappa shape index (κ2) is 7.56. The summed E-state index contributed by atoms with van der Waals surface area (Å²) in [5.41, 5.74) is 0.326. The zero-order valence-corrected chi connectivity index (χ0v) is 17.0. The second-order valence-corrected chi connectivity index (χ2v) is 7.06. The van der Waals surface area contributed by atoms with Crippen LogP contribution < -0.4 is 0 Å². The lowest BCUT2D eigenvalue weighted by atomic mass is 10.2.